The molecule has 1 aromatic heterocycles. The van der Waals surface area contributed by atoms with E-state index in [4.69, 9.17) is 9.47 Å². The molecule has 1 aliphatic rings. The van der Waals surface area contributed by atoms with E-state index in [2.05, 4.69) is 10.3 Å². The van der Waals surface area contributed by atoms with Crippen LogP contribution >= 0.6 is 34.9 Å². The van der Waals surface area contributed by atoms with E-state index in [0.717, 1.165) is 27.2 Å². The van der Waals surface area contributed by atoms with Crippen molar-refractivity contribution in [2.75, 3.05) is 24.3 Å². The number of para-hydroxylation sites is 1. The van der Waals surface area contributed by atoms with Crippen LogP contribution in [0.2, 0.25) is 0 Å². The fourth-order valence-corrected chi connectivity index (χ4v) is 5.79. The normalized spacial score (nSPS) is 12.5. The highest BCUT2D eigenvalue weighted by atomic mass is 32.2. The van der Waals surface area contributed by atoms with Crippen molar-refractivity contribution in [1.29, 1.82) is 0 Å². The minimum atomic E-state index is -0.585. The highest BCUT2D eigenvalue weighted by molar-refractivity contribution is 8.38. The van der Waals surface area contributed by atoms with Crippen LogP contribution in [0, 0.1) is 6.92 Å². The van der Waals surface area contributed by atoms with E-state index in [-0.39, 0.29) is 40.3 Å². The van der Waals surface area contributed by atoms with Crippen LogP contribution in [0.25, 0.3) is 0 Å². The Bertz CT molecular complexity index is 1030. The molecule has 164 valence electrons. The minimum absolute atomic E-state index is 0.127. The first kappa shape index (κ1) is 23.4. The number of carbonyl (C=O) groups excluding carboxylic acids is 3. The lowest BCUT2D eigenvalue weighted by molar-refractivity contribution is -0.113. The summed E-state index contributed by atoms with van der Waals surface area (Å²) in [6, 6.07) is 7.91. The van der Waals surface area contributed by atoms with Crippen LogP contribution in [-0.4, -0.2) is 41.2 Å². The number of rotatable bonds is 7. The van der Waals surface area contributed by atoms with Gasteiger partial charge in [-0.1, -0.05) is 41.7 Å². The minimum Gasteiger partial charge on any atom is -0.462 e. The van der Waals surface area contributed by atoms with E-state index in [9.17, 15) is 14.4 Å². The summed E-state index contributed by atoms with van der Waals surface area (Å²) >= 11 is 3.94. The maximum atomic E-state index is 12.6. The second-order valence-corrected chi connectivity index (χ2v) is 9.54. The van der Waals surface area contributed by atoms with Crippen LogP contribution in [0.5, 0.6) is 0 Å². The van der Waals surface area contributed by atoms with Gasteiger partial charge in [0, 0.05) is 5.75 Å². The van der Waals surface area contributed by atoms with E-state index in [1.807, 2.05) is 24.3 Å². The van der Waals surface area contributed by atoms with E-state index < -0.39 is 11.9 Å². The molecule has 1 amide bonds. The van der Waals surface area contributed by atoms with Gasteiger partial charge in [-0.2, -0.15) is 0 Å². The van der Waals surface area contributed by atoms with Crippen LogP contribution < -0.4 is 5.32 Å². The third kappa shape index (κ3) is 5.69. The van der Waals surface area contributed by atoms with Gasteiger partial charge in [-0.15, -0.1) is 11.3 Å². The number of fused-ring (bicyclic) bond motifs is 1. The number of hydrogen-bond acceptors (Lipinski definition) is 9. The van der Waals surface area contributed by atoms with Crippen molar-refractivity contribution in [2.45, 2.75) is 26.5 Å². The first-order chi connectivity index (χ1) is 14.9. The molecule has 1 N–H and O–H groups in total. The SMILES string of the molecule is CCOC(=O)c1sc(NC(=O)CSC2=Nc3ccccc3CS2)c(C(=O)OCC)c1C. The molecule has 0 radical (unpaired) electrons. The second-order valence-electron chi connectivity index (χ2n) is 6.33. The van der Waals surface area contributed by atoms with Crippen LogP contribution in [0.3, 0.4) is 0 Å². The average molecular weight is 479 g/mol. The number of amides is 1. The summed E-state index contributed by atoms with van der Waals surface area (Å²) in [7, 11) is 0. The van der Waals surface area contributed by atoms with Gasteiger partial charge in [0.15, 0.2) is 0 Å². The molecular weight excluding hydrogens is 456 g/mol. The standard InChI is InChI=1S/C21H22N2O5S3/c1-4-27-19(25)16-12(3)17(20(26)28-5-2)31-18(16)23-15(24)11-30-21-22-14-9-7-6-8-13(14)10-29-21/h6-9H,4-5,10-11H2,1-3H3,(H,23,24). The number of anilines is 1. The number of hydrogen-bond donors (Lipinski definition) is 1. The molecule has 0 bridgehead atoms. The molecule has 3 rings (SSSR count). The van der Waals surface area contributed by atoms with Crippen LogP contribution in [0.1, 0.15) is 45.0 Å². The average Bonchev–Trinajstić information content (AvgIpc) is 3.08. The Hall–Kier alpha value is -2.30. The van der Waals surface area contributed by atoms with Gasteiger partial charge in [-0.3, -0.25) is 4.79 Å². The molecule has 0 spiro atoms. The lowest BCUT2D eigenvalue weighted by Crippen LogP contribution is -2.17. The summed E-state index contributed by atoms with van der Waals surface area (Å²) < 4.78 is 11.0. The molecule has 31 heavy (non-hydrogen) atoms. The van der Waals surface area contributed by atoms with Gasteiger partial charge < -0.3 is 14.8 Å². The molecule has 1 aliphatic heterocycles. The highest BCUT2D eigenvalue weighted by Gasteiger charge is 2.27. The number of benzene rings is 1. The van der Waals surface area contributed by atoms with Crippen molar-refractivity contribution >= 4 is 67.8 Å². The van der Waals surface area contributed by atoms with Gasteiger partial charge in [0.05, 0.1) is 30.2 Å². The second kappa shape index (κ2) is 10.8. The van der Waals surface area contributed by atoms with Crippen LogP contribution in [0.15, 0.2) is 29.3 Å². The Kier molecular flexibility index (Phi) is 8.16. The number of esters is 2. The molecule has 2 aromatic rings. The van der Waals surface area contributed by atoms with Crippen molar-refractivity contribution in [1.82, 2.24) is 0 Å². The molecule has 2 heterocycles. The van der Waals surface area contributed by atoms with Gasteiger partial charge in [0.2, 0.25) is 5.91 Å². The fourth-order valence-electron chi connectivity index (χ4n) is 2.82. The number of aliphatic imine (C=N–C) groups is 1. The summed E-state index contributed by atoms with van der Waals surface area (Å²) in [4.78, 5) is 42.1. The smallest absolute Gasteiger partial charge is 0.348 e. The maximum Gasteiger partial charge on any atom is 0.348 e. The lowest BCUT2D eigenvalue weighted by atomic mass is 10.1. The van der Waals surface area contributed by atoms with Crippen molar-refractivity contribution in [3.8, 4) is 0 Å². The third-order valence-corrected chi connectivity index (χ3v) is 7.65. The molecule has 0 saturated carbocycles. The zero-order valence-electron chi connectivity index (χ0n) is 17.4. The first-order valence-corrected chi connectivity index (χ1v) is 12.4. The van der Waals surface area contributed by atoms with Crippen molar-refractivity contribution in [2.24, 2.45) is 4.99 Å². The summed E-state index contributed by atoms with van der Waals surface area (Å²) in [6.45, 7) is 5.44. The number of ether oxygens (including phenoxy) is 2. The maximum absolute atomic E-state index is 12.6. The number of thioether (sulfide) groups is 2. The topological polar surface area (TPSA) is 94.1 Å². The Labute approximate surface area is 193 Å². The quantitative estimate of drug-likeness (QED) is 0.559. The summed E-state index contributed by atoms with van der Waals surface area (Å²) in [6.07, 6.45) is 0. The van der Waals surface area contributed by atoms with Crippen LogP contribution in [-0.2, 0) is 20.0 Å². The molecule has 0 fully saturated rings. The van der Waals surface area contributed by atoms with Gasteiger partial charge in [0.1, 0.15) is 14.3 Å². The Balaban J connectivity index is 1.73. The number of thiophene rings is 1. The predicted molar refractivity (Wildman–Crippen MR) is 127 cm³/mol. The van der Waals surface area contributed by atoms with Gasteiger partial charge in [-0.25, -0.2) is 14.6 Å². The van der Waals surface area contributed by atoms with Gasteiger partial charge >= 0.3 is 11.9 Å². The molecule has 0 unspecified atom stereocenters. The first-order valence-electron chi connectivity index (χ1n) is 9.64. The van der Waals surface area contributed by atoms with E-state index >= 15 is 0 Å². The molecule has 0 aliphatic carbocycles. The molecule has 1 aromatic carbocycles. The predicted octanol–water partition coefficient (Wildman–Crippen LogP) is 5.02. The largest absolute Gasteiger partial charge is 0.462 e. The fraction of sp³-hybridized carbons (Fsp3) is 0.333. The third-order valence-electron chi connectivity index (χ3n) is 4.22. The molecule has 0 saturated heterocycles. The van der Waals surface area contributed by atoms with E-state index in [1.165, 1.54) is 17.3 Å². The van der Waals surface area contributed by atoms with Crippen molar-refractivity contribution in [3.05, 3.63) is 45.8 Å². The zero-order valence-corrected chi connectivity index (χ0v) is 19.8. The summed E-state index contributed by atoms with van der Waals surface area (Å²) in [5, 5.41) is 3.04. The Morgan fingerprint density at radius 3 is 2.58 bits per heavy atom. The molecule has 7 nitrogen and oxygen atoms in total. The van der Waals surface area contributed by atoms with E-state index in [1.54, 1.807) is 32.5 Å². The zero-order chi connectivity index (χ0) is 22.4. The molecule has 0 atom stereocenters. The number of nitrogens with one attached hydrogen (secondary N) is 1. The highest BCUT2D eigenvalue weighted by Crippen LogP contribution is 2.36. The van der Waals surface area contributed by atoms with Gasteiger partial charge in [0.25, 0.3) is 0 Å². The van der Waals surface area contributed by atoms with Gasteiger partial charge in [-0.05, 0) is 38.0 Å². The lowest BCUT2D eigenvalue weighted by Gasteiger charge is -2.14. The monoisotopic (exact) mass is 478 g/mol. The molecule has 10 heteroatoms. The molecular formula is C21H22N2O5S3. The van der Waals surface area contributed by atoms with Crippen molar-refractivity contribution < 1.29 is 23.9 Å². The summed E-state index contributed by atoms with van der Waals surface area (Å²) in [5.74, 6) is -0.476. The van der Waals surface area contributed by atoms with E-state index in [0.29, 0.717) is 5.56 Å². The Morgan fingerprint density at radius 2 is 1.84 bits per heavy atom. The van der Waals surface area contributed by atoms with Crippen LogP contribution in [0.4, 0.5) is 10.7 Å². The van der Waals surface area contributed by atoms with Crippen molar-refractivity contribution in [3.63, 3.8) is 0 Å². The number of nitrogens with zero attached hydrogens (tertiary/aromatic N) is 1. The number of carbonyl (C=O) groups is 3. The Morgan fingerprint density at radius 1 is 1.13 bits per heavy atom. The summed E-state index contributed by atoms with van der Waals surface area (Å²) in [5.41, 5.74) is 2.71.